The van der Waals surface area contributed by atoms with Crippen molar-refractivity contribution in [2.75, 3.05) is 11.9 Å². The highest BCUT2D eigenvalue weighted by atomic mass is 32.1. The van der Waals surface area contributed by atoms with E-state index in [-0.39, 0.29) is 0 Å². The first kappa shape index (κ1) is 15.8. The van der Waals surface area contributed by atoms with Crippen molar-refractivity contribution in [1.82, 2.24) is 19.7 Å². The molecule has 0 amide bonds. The van der Waals surface area contributed by atoms with Crippen LogP contribution in [0.15, 0.2) is 60.5 Å². The number of rotatable bonds is 6. The van der Waals surface area contributed by atoms with Crippen molar-refractivity contribution in [2.45, 2.75) is 13.5 Å². The molecule has 126 valence electrons. The Morgan fingerprint density at radius 3 is 2.84 bits per heavy atom. The lowest BCUT2D eigenvalue weighted by Crippen LogP contribution is -2.18. The maximum Gasteiger partial charge on any atom is 0.138 e. The molecular weight excluding hydrogens is 330 g/mol. The number of nitrogens with one attached hydrogen (secondary N) is 1. The summed E-state index contributed by atoms with van der Waals surface area (Å²) in [5, 5.41) is 11.0. The van der Waals surface area contributed by atoms with Gasteiger partial charge in [0, 0.05) is 36.4 Å². The molecule has 3 aromatic heterocycles. The smallest absolute Gasteiger partial charge is 0.138 e. The fourth-order valence-corrected chi connectivity index (χ4v) is 3.82. The lowest BCUT2D eigenvalue weighted by Gasteiger charge is -2.14. The molecule has 0 aliphatic carbocycles. The van der Waals surface area contributed by atoms with Gasteiger partial charge in [0.1, 0.15) is 17.0 Å². The zero-order chi connectivity index (χ0) is 17.1. The number of fused-ring (bicyclic) bond motifs is 1. The molecule has 0 bridgehead atoms. The van der Waals surface area contributed by atoms with Crippen LogP contribution in [-0.2, 0) is 6.54 Å². The van der Waals surface area contributed by atoms with Crippen molar-refractivity contribution >= 4 is 27.4 Å². The Bertz CT molecular complexity index is 947. The topological polar surface area (TPSA) is 55.6 Å². The van der Waals surface area contributed by atoms with Crippen LogP contribution in [0.2, 0.25) is 0 Å². The predicted octanol–water partition coefficient (Wildman–Crippen LogP) is 4.30. The second-order valence-electron chi connectivity index (χ2n) is 6.13. The van der Waals surface area contributed by atoms with E-state index >= 15 is 0 Å². The summed E-state index contributed by atoms with van der Waals surface area (Å²) in [6, 6.07) is 12.3. The first-order chi connectivity index (χ1) is 12.3. The van der Waals surface area contributed by atoms with E-state index in [1.807, 2.05) is 29.2 Å². The van der Waals surface area contributed by atoms with Gasteiger partial charge >= 0.3 is 0 Å². The van der Waals surface area contributed by atoms with E-state index in [4.69, 9.17) is 0 Å². The Hall–Kier alpha value is -2.73. The summed E-state index contributed by atoms with van der Waals surface area (Å²) < 4.78 is 1.96. The van der Waals surface area contributed by atoms with Crippen LogP contribution in [0, 0.1) is 5.92 Å². The van der Waals surface area contributed by atoms with Gasteiger partial charge in [0.05, 0.1) is 5.39 Å². The van der Waals surface area contributed by atoms with Crippen LogP contribution in [0.25, 0.3) is 21.3 Å². The van der Waals surface area contributed by atoms with E-state index in [2.05, 4.69) is 57.0 Å². The number of anilines is 1. The third-order valence-electron chi connectivity index (χ3n) is 4.13. The molecule has 25 heavy (non-hydrogen) atoms. The molecule has 3 heterocycles. The molecule has 1 N–H and O–H groups in total. The van der Waals surface area contributed by atoms with Crippen molar-refractivity contribution in [3.63, 3.8) is 0 Å². The molecule has 0 saturated heterocycles. The lowest BCUT2D eigenvalue weighted by atomic mass is 10.1. The molecule has 4 rings (SSSR count). The van der Waals surface area contributed by atoms with E-state index in [1.165, 1.54) is 11.1 Å². The Morgan fingerprint density at radius 2 is 2.04 bits per heavy atom. The predicted molar refractivity (Wildman–Crippen MR) is 103 cm³/mol. The summed E-state index contributed by atoms with van der Waals surface area (Å²) in [5.74, 6) is 1.33. The minimum Gasteiger partial charge on any atom is -0.369 e. The maximum atomic E-state index is 4.50. The van der Waals surface area contributed by atoms with E-state index < -0.39 is 0 Å². The number of aromatic nitrogens is 4. The third-order valence-corrected chi connectivity index (χ3v) is 5.02. The highest BCUT2D eigenvalue weighted by Gasteiger charge is 2.13. The lowest BCUT2D eigenvalue weighted by molar-refractivity contribution is 0.467. The maximum absolute atomic E-state index is 4.50. The summed E-state index contributed by atoms with van der Waals surface area (Å²) in [4.78, 5) is 9.94. The highest BCUT2D eigenvalue weighted by molar-refractivity contribution is 7.17. The van der Waals surface area contributed by atoms with Gasteiger partial charge in [-0.2, -0.15) is 5.10 Å². The van der Waals surface area contributed by atoms with Crippen molar-refractivity contribution in [3.8, 4) is 11.1 Å². The SMILES string of the molecule is CC(CNc1ncnc2scc(-c3ccccc3)c12)Cn1cccn1. The third kappa shape index (κ3) is 3.39. The Morgan fingerprint density at radius 1 is 1.16 bits per heavy atom. The summed E-state index contributed by atoms with van der Waals surface area (Å²) in [6.07, 6.45) is 5.44. The molecule has 4 aromatic rings. The number of benzene rings is 1. The highest BCUT2D eigenvalue weighted by Crippen LogP contribution is 2.36. The molecule has 0 saturated carbocycles. The Kier molecular flexibility index (Phi) is 4.43. The van der Waals surface area contributed by atoms with Gasteiger partial charge in [-0.3, -0.25) is 4.68 Å². The van der Waals surface area contributed by atoms with Gasteiger partial charge in [-0.15, -0.1) is 11.3 Å². The van der Waals surface area contributed by atoms with Crippen LogP contribution in [0.3, 0.4) is 0 Å². The quantitative estimate of drug-likeness (QED) is 0.564. The molecule has 0 fully saturated rings. The van der Waals surface area contributed by atoms with E-state index in [9.17, 15) is 0 Å². The number of thiophene rings is 1. The average molecular weight is 349 g/mol. The van der Waals surface area contributed by atoms with Crippen molar-refractivity contribution < 1.29 is 0 Å². The van der Waals surface area contributed by atoms with Gasteiger partial charge < -0.3 is 5.32 Å². The molecule has 5 nitrogen and oxygen atoms in total. The van der Waals surface area contributed by atoms with Crippen LogP contribution in [-0.4, -0.2) is 26.3 Å². The van der Waals surface area contributed by atoms with Gasteiger partial charge in [0.15, 0.2) is 0 Å². The molecule has 0 aliphatic rings. The van der Waals surface area contributed by atoms with Crippen LogP contribution >= 0.6 is 11.3 Å². The Balaban J connectivity index is 1.58. The number of hydrogen-bond donors (Lipinski definition) is 1. The molecule has 1 aromatic carbocycles. The van der Waals surface area contributed by atoms with Crippen LogP contribution in [0.1, 0.15) is 6.92 Å². The van der Waals surface area contributed by atoms with Crippen LogP contribution < -0.4 is 5.32 Å². The van der Waals surface area contributed by atoms with E-state index in [0.29, 0.717) is 5.92 Å². The molecule has 0 spiro atoms. The molecule has 0 aliphatic heterocycles. The van der Waals surface area contributed by atoms with Crippen molar-refractivity contribution in [2.24, 2.45) is 5.92 Å². The molecular formula is C19H19N5S. The second kappa shape index (κ2) is 7.03. The van der Waals surface area contributed by atoms with Gasteiger partial charge in [0.25, 0.3) is 0 Å². The first-order valence-electron chi connectivity index (χ1n) is 8.30. The first-order valence-corrected chi connectivity index (χ1v) is 9.18. The Labute approximate surface area is 150 Å². The van der Waals surface area contributed by atoms with E-state index in [0.717, 1.165) is 29.1 Å². The minimum atomic E-state index is 0.434. The monoisotopic (exact) mass is 349 g/mol. The summed E-state index contributed by atoms with van der Waals surface area (Å²) in [5.41, 5.74) is 2.37. The fourth-order valence-electron chi connectivity index (χ4n) is 2.90. The fraction of sp³-hybridized carbons (Fsp3) is 0.211. The largest absolute Gasteiger partial charge is 0.369 e. The van der Waals surface area contributed by atoms with Gasteiger partial charge in [0.2, 0.25) is 0 Å². The van der Waals surface area contributed by atoms with Gasteiger partial charge in [-0.05, 0) is 17.5 Å². The number of nitrogens with zero attached hydrogens (tertiary/aromatic N) is 4. The normalized spacial score (nSPS) is 12.4. The average Bonchev–Trinajstić information content (AvgIpc) is 3.30. The van der Waals surface area contributed by atoms with Crippen molar-refractivity contribution in [3.05, 3.63) is 60.5 Å². The van der Waals surface area contributed by atoms with Crippen LogP contribution in [0.4, 0.5) is 5.82 Å². The van der Waals surface area contributed by atoms with Crippen molar-refractivity contribution in [1.29, 1.82) is 0 Å². The second-order valence-corrected chi connectivity index (χ2v) is 6.99. The zero-order valence-corrected chi connectivity index (χ0v) is 14.8. The number of hydrogen-bond acceptors (Lipinski definition) is 5. The van der Waals surface area contributed by atoms with Crippen LogP contribution in [0.5, 0.6) is 0 Å². The minimum absolute atomic E-state index is 0.434. The standard InChI is InChI=1S/C19H19N5S/c1-14(11-24-9-5-8-23-24)10-20-18-17-16(15-6-3-2-4-7-15)12-25-19(17)22-13-21-18/h2-9,12-14H,10-11H2,1H3,(H,20,21,22). The molecule has 0 radical (unpaired) electrons. The molecule has 1 unspecified atom stereocenters. The van der Waals surface area contributed by atoms with E-state index in [1.54, 1.807) is 17.7 Å². The summed E-state index contributed by atoms with van der Waals surface area (Å²) in [6.45, 7) is 3.91. The summed E-state index contributed by atoms with van der Waals surface area (Å²) in [7, 11) is 0. The molecule has 6 heteroatoms. The molecule has 1 atom stereocenters. The van der Waals surface area contributed by atoms with Gasteiger partial charge in [-0.25, -0.2) is 9.97 Å². The van der Waals surface area contributed by atoms with Gasteiger partial charge in [-0.1, -0.05) is 37.3 Å². The summed E-state index contributed by atoms with van der Waals surface area (Å²) >= 11 is 1.66. The zero-order valence-electron chi connectivity index (χ0n) is 14.0.